The van der Waals surface area contributed by atoms with Crippen molar-refractivity contribution in [2.75, 3.05) is 0 Å². The van der Waals surface area contributed by atoms with Crippen LogP contribution in [-0.2, 0) is 0 Å². The molecule has 0 radical (unpaired) electrons. The van der Waals surface area contributed by atoms with Gasteiger partial charge in [-0.15, -0.1) is 6.42 Å². The molecule has 0 spiro atoms. The van der Waals surface area contributed by atoms with Gasteiger partial charge in [0.25, 0.3) is 0 Å². The van der Waals surface area contributed by atoms with E-state index in [9.17, 15) is 9.50 Å². The molecular weight excluding hydrogens is 311 g/mol. The van der Waals surface area contributed by atoms with E-state index < -0.39 is 11.8 Å². The Morgan fingerprint density at radius 2 is 1.68 bits per heavy atom. The van der Waals surface area contributed by atoms with Crippen LogP contribution >= 0.6 is 0 Å². The first-order valence-corrected chi connectivity index (χ1v) is 10.6. The summed E-state index contributed by atoms with van der Waals surface area (Å²) in [5, 5.41) is 10.8. The fourth-order valence-electron chi connectivity index (χ4n) is 8.23. The van der Waals surface area contributed by atoms with Crippen LogP contribution in [0.25, 0.3) is 0 Å². The van der Waals surface area contributed by atoms with Crippen molar-refractivity contribution in [3.63, 3.8) is 0 Å². The Morgan fingerprint density at radius 1 is 1.00 bits per heavy atom. The molecule has 0 amide bonds. The van der Waals surface area contributed by atoms with Crippen molar-refractivity contribution in [1.82, 2.24) is 0 Å². The average molecular weight is 347 g/mol. The third-order valence-electron chi connectivity index (χ3n) is 9.57. The molecule has 0 saturated heterocycles. The Morgan fingerprint density at radius 3 is 2.40 bits per heavy atom. The van der Waals surface area contributed by atoms with Gasteiger partial charge in [0, 0.05) is 5.92 Å². The van der Waals surface area contributed by atoms with Crippen LogP contribution in [0, 0.1) is 52.8 Å². The lowest BCUT2D eigenvalue weighted by Crippen LogP contribution is -2.55. The first-order valence-electron chi connectivity index (χ1n) is 10.6. The fourth-order valence-corrected chi connectivity index (χ4v) is 8.23. The predicted molar refractivity (Wildman–Crippen MR) is 99.6 cm³/mol. The minimum absolute atomic E-state index is 0.178. The maximum Gasteiger partial charge on any atom is 0.125 e. The van der Waals surface area contributed by atoms with Gasteiger partial charge in [0.05, 0.1) is 0 Å². The molecule has 2 heteroatoms. The second-order valence-corrected chi connectivity index (χ2v) is 10.5. The van der Waals surface area contributed by atoms with Crippen LogP contribution in [-0.4, -0.2) is 16.9 Å². The van der Waals surface area contributed by atoms with Crippen LogP contribution < -0.4 is 0 Å². The second-order valence-electron chi connectivity index (χ2n) is 10.5. The van der Waals surface area contributed by atoms with E-state index in [1.54, 1.807) is 0 Å². The maximum atomic E-state index is 14.0. The number of terminal acetylenes is 1. The molecule has 9 atom stereocenters. The van der Waals surface area contributed by atoms with Crippen LogP contribution in [0.15, 0.2) is 0 Å². The molecule has 4 fully saturated rings. The van der Waals surface area contributed by atoms with Gasteiger partial charge in [-0.25, -0.2) is 4.39 Å². The fraction of sp³-hybridized carbons (Fsp3) is 0.913. The lowest BCUT2D eigenvalue weighted by Gasteiger charge is -2.61. The number of alkyl halides is 1. The first-order chi connectivity index (χ1) is 11.7. The summed E-state index contributed by atoms with van der Waals surface area (Å²) in [6.45, 7) is 6.73. The van der Waals surface area contributed by atoms with Crippen molar-refractivity contribution >= 4 is 0 Å². The van der Waals surface area contributed by atoms with E-state index in [-0.39, 0.29) is 11.3 Å². The summed E-state index contributed by atoms with van der Waals surface area (Å²) in [6, 6.07) is 0. The molecule has 0 aliphatic heterocycles. The van der Waals surface area contributed by atoms with Crippen LogP contribution in [0.3, 0.4) is 0 Å². The standard InChI is InChI=1S/C23H35FO/c1-5-23(4,25)20-9-8-18-17-7-6-15-14-16(24)10-12-21(15,2)19(17)11-13-22(18,20)3/h1,15-20,25H,6-14H2,2-4H3/t15-,16?,17?,18?,19?,20?,21?,22?,23?/m0/s1. The molecule has 0 aromatic carbocycles. The molecule has 25 heavy (non-hydrogen) atoms. The molecule has 140 valence electrons. The molecule has 4 aliphatic rings. The van der Waals surface area contributed by atoms with E-state index in [0.717, 1.165) is 37.5 Å². The minimum atomic E-state index is -0.982. The molecule has 0 bridgehead atoms. The van der Waals surface area contributed by atoms with Gasteiger partial charge in [0.1, 0.15) is 11.8 Å². The van der Waals surface area contributed by atoms with Crippen molar-refractivity contribution in [2.45, 2.75) is 90.3 Å². The molecule has 4 aliphatic carbocycles. The highest BCUT2D eigenvalue weighted by molar-refractivity contribution is 5.17. The lowest BCUT2D eigenvalue weighted by atomic mass is 9.44. The summed E-state index contributed by atoms with van der Waals surface area (Å²) in [6.07, 6.45) is 15.0. The number of aliphatic hydroxyl groups is 1. The van der Waals surface area contributed by atoms with E-state index in [2.05, 4.69) is 19.8 Å². The second kappa shape index (κ2) is 5.72. The average Bonchev–Trinajstić information content (AvgIpc) is 2.93. The van der Waals surface area contributed by atoms with Gasteiger partial charge >= 0.3 is 0 Å². The lowest BCUT2D eigenvalue weighted by molar-refractivity contribution is -0.131. The van der Waals surface area contributed by atoms with Crippen molar-refractivity contribution < 1.29 is 9.50 Å². The summed E-state index contributed by atoms with van der Waals surface area (Å²) >= 11 is 0. The number of hydrogen-bond acceptors (Lipinski definition) is 1. The van der Waals surface area contributed by atoms with E-state index in [1.165, 1.54) is 32.1 Å². The van der Waals surface area contributed by atoms with Crippen LogP contribution in [0.2, 0.25) is 0 Å². The molecule has 8 unspecified atom stereocenters. The Balaban J connectivity index is 1.61. The predicted octanol–water partition coefficient (Wildman–Crippen LogP) is 5.37. The van der Waals surface area contributed by atoms with Crippen LogP contribution in [0.5, 0.6) is 0 Å². The summed E-state index contributed by atoms with van der Waals surface area (Å²) in [5.74, 6) is 5.71. The minimum Gasteiger partial charge on any atom is -0.378 e. The zero-order valence-electron chi connectivity index (χ0n) is 16.2. The van der Waals surface area contributed by atoms with Crippen molar-refractivity contribution in [1.29, 1.82) is 0 Å². The zero-order chi connectivity index (χ0) is 18.0. The van der Waals surface area contributed by atoms with Gasteiger partial charge in [0.15, 0.2) is 0 Å². The van der Waals surface area contributed by atoms with Gasteiger partial charge in [-0.05, 0) is 99.2 Å². The Hall–Kier alpha value is -0.550. The van der Waals surface area contributed by atoms with Crippen molar-refractivity contribution in [3.05, 3.63) is 0 Å². The number of fused-ring (bicyclic) bond motifs is 5. The number of rotatable bonds is 1. The molecule has 0 aromatic rings. The first kappa shape index (κ1) is 17.8. The molecule has 1 N–H and O–H groups in total. The zero-order valence-corrected chi connectivity index (χ0v) is 16.2. The highest BCUT2D eigenvalue weighted by atomic mass is 19.1. The normalized spacial score (nSPS) is 54.6. The maximum absolute atomic E-state index is 14.0. The van der Waals surface area contributed by atoms with E-state index in [4.69, 9.17) is 6.42 Å². The SMILES string of the molecule is C#CC(C)(O)C1CCC2C3CC[C@H]4CC(F)CCC4(C)C3CCC21C. The van der Waals surface area contributed by atoms with Crippen LogP contribution in [0.1, 0.15) is 78.6 Å². The van der Waals surface area contributed by atoms with Gasteiger partial charge in [0.2, 0.25) is 0 Å². The smallest absolute Gasteiger partial charge is 0.125 e. The highest BCUT2D eigenvalue weighted by Crippen LogP contribution is 2.68. The molecule has 4 saturated carbocycles. The quantitative estimate of drug-likeness (QED) is 0.633. The summed E-state index contributed by atoms with van der Waals surface area (Å²) in [4.78, 5) is 0. The number of halogens is 1. The molecule has 0 aromatic heterocycles. The molecule has 0 heterocycles. The summed E-state index contributed by atoms with van der Waals surface area (Å²) in [5.41, 5.74) is -0.458. The van der Waals surface area contributed by atoms with Gasteiger partial charge in [-0.3, -0.25) is 0 Å². The third-order valence-corrected chi connectivity index (χ3v) is 9.57. The number of hydrogen-bond donors (Lipinski definition) is 1. The van der Waals surface area contributed by atoms with Gasteiger partial charge in [-0.1, -0.05) is 19.8 Å². The van der Waals surface area contributed by atoms with Crippen molar-refractivity contribution in [2.24, 2.45) is 40.4 Å². The Kier molecular flexibility index (Phi) is 4.08. The van der Waals surface area contributed by atoms with E-state index in [1.807, 2.05) is 6.92 Å². The topological polar surface area (TPSA) is 20.2 Å². The van der Waals surface area contributed by atoms with Gasteiger partial charge in [-0.2, -0.15) is 0 Å². The third kappa shape index (κ3) is 2.44. The van der Waals surface area contributed by atoms with E-state index in [0.29, 0.717) is 17.3 Å². The molecule has 1 nitrogen and oxygen atoms in total. The molecular formula is C23H35FO. The summed E-state index contributed by atoms with van der Waals surface area (Å²) < 4.78 is 14.0. The van der Waals surface area contributed by atoms with Crippen LogP contribution in [0.4, 0.5) is 4.39 Å². The highest BCUT2D eigenvalue weighted by Gasteiger charge is 2.62. The van der Waals surface area contributed by atoms with E-state index >= 15 is 0 Å². The molecule has 4 rings (SSSR count). The monoisotopic (exact) mass is 346 g/mol. The van der Waals surface area contributed by atoms with Gasteiger partial charge < -0.3 is 5.11 Å². The Labute approximate surface area is 153 Å². The largest absolute Gasteiger partial charge is 0.378 e. The van der Waals surface area contributed by atoms with Crippen molar-refractivity contribution in [3.8, 4) is 12.3 Å². The Bertz CT molecular complexity index is 577. The summed E-state index contributed by atoms with van der Waals surface area (Å²) in [7, 11) is 0.